The van der Waals surface area contributed by atoms with Crippen LogP contribution >= 0.6 is 11.8 Å². The van der Waals surface area contributed by atoms with Crippen molar-refractivity contribution in [1.29, 1.82) is 0 Å². The summed E-state index contributed by atoms with van der Waals surface area (Å²) in [7, 11) is 0. The Kier molecular flexibility index (Phi) is 5.18. The Hall–Kier alpha value is 0.310. The SMILES string of the molecule is CCSCCC(C)(N)CC. The standard InChI is InChI=1S/C8H19NS/c1-4-8(3,9)6-7-10-5-2/h4-7,9H2,1-3H3. The van der Waals surface area contributed by atoms with Gasteiger partial charge in [0.05, 0.1) is 0 Å². The second-order valence-corrected chi connectivity index (χ2v) is 4.35. The molecule has 2 heteroatoms. The summed E-state index contributed by atoms with van der Waals surface area (Å²) < 4.78 is 0. The van der Waals surface area contributed by atoms with Crippen molar-refractivity contribution in [3.63, 3.8) is 0 Å². The lowest BCUT2D eigenvalue weighted by atomic mass is 9.98. The summed E-state index contributed by atoms with van der Waals surface area (Å²) in [5.41, 5.74) is 6.02. The summed E-state index contributed by atoms with van der Waals surface area (Å²) >= 11 is 1.97. The van der Waals surface area contributed by atoms with Gasteiger partial charge in [-0.25, -0.2) is 0 Å². The van der Waals surface area contributed by atoms with Crippen LogP contribution in [-0.2, 0) is 0 Å². The zero-order valence-corrected chi connectivity index (χ0v) is 8.13. The van der Waals surface area contributed by atoms with E-state index in [0.717, 1.165) is 12.8 Å². The maximum atomic E-state index is 5.94. The first-order valence-corrected chi connectivity index (χ1v) is 5.14. The third-order valence-electron chi connectivity index (χ3n) is 1.83. The molecule has 0 aromatic rings. The van der Waals surface area contributed by atoms with Crippen molar-refractivity contribution < 1.29 is 0 Å². The number of rotatable bonds is 5. The van der Waals surface area contributed by atoms with Crippen LogP contribution in [0.25, 0.3) is 0 Å². The van der Waals surface area contributed by atoms with Crippen LogP contribution in [-0.4, -0.2) is 17.0 Å². The molecule has 0 aliphatic carbocycles. The van der Waals surface area contributed by atoms with Crippen LogP contribution in [0.4, 0.5) is 0 Å². The maximum Gasteiger partial charge on any atom is 0.0131 e. The molecule has 0 radical (unpaired) electrons. The fourth-order valence-corrected chi connectivity index (χ4v) is 1.53. The van der Waals surface area contributed by atoms with Gasteiger partial charge in [-0.1, -0.05) is 13.8 Å². The number of hydrogen-bond donors (Lipinski definition) is 1. The lowest BCUT2D eigenvalue weighted by molar-refractivity contribution is 0.441. The highest BCUT2D eigenvalue weighted by molar-refractivity contribution is 7.99. The Morgan fingerprint density at radius 3 is 2.40 bits per heavy atom. The van der Waals surface area contributed by atoms with Gasteiger partial charge >= 0.3 is 0 Å². The molecule has 0 spiro atoms. The zero-order valence-electron chi connectivity index (χ0n) is 7.31. The Labute approximate surface area is 68.8 Å². The molecule has 1 unspecified atom stereocenters. The first kappa shape index (κ1) is 10.3. The third-order valence-corrected chi connectivity index (χ3v) is 2.73. The minimum absolute atomic E-state index is 0.0716. The number of hydrogen-bond acceptors (Lipinski definition) is 2. The Morgan fingerprint density at radius 1 is 1.40 bits per heavy atom. The van der Waals surface area contributed by atoms with E-state index in [1.807, 2.05) is 11.8 Å². The molecule has 0 rings (SSSR count). The minimum Gasteiger partial charge on any atom is -0.325 e. The van der Waals surface area contributed by atoms with Crippen molar-refractivity contribution in [2.75, 3.05) is 11.5 Å². The molecule has 0 bridgehead atoms. The molecular weight excluding hydrogens is 142 g/mol. The fraction of sp³-hybridized carbons (Fsp3) is 1.00. The van der Waals surface area contributed by atoms with Gasteiger partial charge in [0.25, 0.3) is 0 Å². The summed E-state index contributed by atoms with van der Waals surface area (Å²) in [4.78, 5) is 0. The van der Waals surface area contributed by atoms with Crippen molar-refractivity contribution in [3.8, 4) is 0 Å². The monoisotopic (exact) mass is 161 g/mol. The average Bonchev–Trinajstić information content (AvgIpc) is 1.89. The van der Waals surface area contributed by atoms with Gasteiger partial charge in [0, 0.05) is 5.54 Å². The molecule has 0 saturated heterocycles. The molecule has 0 aliphatic rings. The predicted octanol–water partition coefficient (Wildman–Crippen LogP) is 2.26. The summed E-state index contributed by atoms with van der Waals surface area (Å²) in [6.45, 7) is 6.46. The molecule has 62 valence electrons. The fourth-order valence-electron chi connectivity index (χ4n) is 0.626. The molecule has 1 nitrogen and oxygen atoms in total. The van der Waals surface area contributed by atoms with Gasteiger partial charge in [-0.15, -0.1) is 0 Å². The maximum absolute atomic E-state index is 5.94. The van der Waals surface area contributed by atoms with Gasteiger partial charge in [0.15, 0.2) is 0 Å². The second kappa shape index (κ2) is 5.03. The average molecular weight is 161 g/mol. The zero-order chi connectivity index (χ0) is 8.04. The van der Waals surface area contributed by atoms with Gasteiger partial charge in [-0.3, -0.25) is 0 Å². The van der Waals surface area contributed by atoms with Crippen LogP contribution in [0, 0.1) is 0 Å². The highest BCUT2D eigenvalue weighted by Crippen LogP contribution is 2.13. The molecule has 2 N–H and O–H groups in total. The molecule has 0 saturated carbocycles. The lowest BCUT2D eigenvalue weighted by Gasteiger charge is -2.21. The van der Waals surface area contributed by atoms with Crippen molar-refractivity contribution in [2.45, 2.75) is 39.2 Å². The highest BCUT2D eigenvalue weighted by atomic mass is 32.2. The smallest absolute Gasteiger partial charge is 0.0131 e. The van der Waals surface area contributed by atoms with Crippen LogP contribution in [0.2, 0.25) is 0 Å². The lowest BCUT2D eigenvalue weighted by Crippen LogP contribution is -2.35. The van der Waals surface area contributed by atoms with Crippen LogP contribution in [0.15, 0.2) is 0 Å². The van der Waals surface area contributed by atoms with E-state index in [4.69, 9.17) is 5.73 Å². The van der Waals surface area contributed by atoms with Crippen LogP contribution in [0.5, 0.6) is 0 Å². The largest absolute Gasteiger partial charge is 0.325 e. The van der Waals surface area contributed by atoms with E-state index >= 15 is 0 Å². The van der Waals surface area contributed by atoms with E-state index < -0.39 is 0 Å². The van der Waals surface area contributed by atoms with E-state index in [-0.39, 0.29) is 5.54 Å². The summed E-state index contributed by atoms with van der Waals surface area (Å²) in [5.74, 6) is 2.41. The van der Waals surface area contributed by atoms with Crippen molar-refractivity contribution >= 4 is 11.8 Å². The van der Waals surface area contributed by atoms with Gasteiger partial charge in [-0.05, 0) is 31.3 Å². The van der Waals surface area contributed by atoms with Crippen LogP contribution in [0.1, 0.15) is 33.6 Å². The molecule has 0 fully saturated rings. The van der Waals surface area contributed by atoms with Gasteiger partial charge < -0.3 is 5.73 Å². The topological polar surface area (TPSA) is 26.0 Å². The van der Waals surface area contributed by atoms with Crippen LogP contribution in [0.3, 0.4) is 0 Å². The van der Waals surface area contributed by atoms with E-state index in [1.165, 1.54) is 11.5 Å². The Balaban J connectivity index is 3.28. The number of thioether (sulfide) groups is 1. The minimum atomic E-state index is 0.0716. The predicted molar refractivity (Wildman–Crippen MR) is 50.5 cm³/mol. The first-order valence-electron chi connectivity index (χ1n) is 3.99. The quantitative estimate of drug-likeness (QED) is 0.626. The van der Waals surface area contributed by atoms with Crippen molar-refractivity contribution in [2.24, 2.45) is 5.73 Å². The second-order valence-electron chi connectivity index (χ2n) is 2.95. The molecule has 0 amide bonds. The molecule has 0 aromatic carbocycles. The Morgan fingerprint density at radius 2 is 2.00 bits per heavy atom. The summed E-state index contributed by atoms with van der Waals surface area (Å²) in [5, 5.41) is 0. The van der Waals surface area contributed by atoms with E-state index in [2.05, 4.69) is 20.8 Å². The molecule has 0 heterocycles. The summed E-state index contributed by atoms with van der Waals surface area (Å²) in [6.07, 6.45) is 2.22. The van der Waals surface area contributed by atoms with Gasteiger partial charge in [0.2, 0.25) is 0 Å². The molecule has 10 heavy (non-hydrogen) atoms. The summed E-state index contributed by atoms with van der Waals surface area (Å²) in [6, 6.07) is 0. The Bertz CT molecular complexity index is 81.3. The molecular formula is C8H19NS. The first-order chi connectivity index (χ1) is 4.62. The van der Waals surface area contributed by atoms with E-state index in [0.29, 0.717) is 0 Å². The van der Waals surface area contributed by atoms with Crippen molar-refractivity contribution in [1.82, 2.24) is 0 Å². The van der Waals surface area contributed by atoms with E-state index in [9.17, 15) is 0 Å². The molecule has 1 atom stereocenters. The van der Waals surface area contributed by atoms with Crippen LogP contribution < -0.4 is 5.73 Å². The molecule has 0 aromatic heterocycles. The number of nitrogens with two attached hydrogens (primary N) is 1. The molecule has 0 aliphatic heterocycles. The van der Waals surface area contributed by atoms with Crippen molar-refractivity contribution in [3.05, 3.63) is 0 Å². The highest BCUT2D eigenvalue weighted by Gasteiger charge is 2.13. The van der Waals surface area contributed by atoms with E-state index in [1.54, 1.807) is 0 Å². The third kappa shape index (κ3) is 5.12. The normalized spacial score (nSPS) is 16.8. The van der Waals surface area contributed by atoms with Gasteiger partial charge in [-0.2, -0.15) is 11.8 Å². The van der Waals surface area contributed by atoms with Gasteiger partial charge in [0.1, 0.15) is 0 Å².